The molecule has 3 rings (SSSR count). The van der Waals surface area contributed by atoms with Crippen molar-refractivity contribution in [1.82, 2.24) is 20.4 Å². The van der Waals surface area contributed by atoms with Gasteiger partial charge in [-0.05, 0) is 32.1 Å². The Morgan fingerprint density at radius 1 is 1.33 bits per heavy atom. The zero-order valence-corrected chi connectivity index (χ0v) is 14.3. The van der Waals surface area contributed by atoms with Gasteiger partial charge in [-0.15, -0.1) is 0 Å². The molecule has 7 heteroatoms. The van der Waals surface area contributed by atoms with Crippen molar-refractivity contribution in [3.8, 4) is 0 Å². The van der Waals surface area contributed by atoms with E-state index in [2.05, 4.69) is 15.5 Å². The molecular weight excluding hydrogens is 308 g/mol. The molecule has 2 heterocycles. The molecule has 0 spiro atoms. The summed E-state index contributed by atoms with van der Waals surface area (Å²) in [5.74, 6) is 1.83. The van der Waals surface area contributed by atoms with Gasteiger partial charge in [-0.1, -0.05) is 12.1 Å². The summed E-state index contributed by atoms with van der Waals surface area (Å²) in [4.78, 5) is 30.7. The molecule has 2 aliphatic rings. The molecule has 1 aliphatic heterocycles. The second kappa shape index (κ2) is 7.77. The number of rotatable bonds is 7. The quantitative estimate of drug-likeness (QED) is 0.819. The number of amides is 2. The topological polar surface area (TPSA) is 88.3 Å². The Morgan fingerprint density at radius 2 is 2.17 bits per heavy atom. The SMILES string of the molecule is CCCNC(=O)[C@@H]1CCCN(C(=O)CCc2nc(C3CC3)no2)C1. The summed E-state index contributed by atoms with van der Waals surface area (Å²) in [7, 11) is 0. The maximum atomic E-state index is 12.4. The van der Waals surface area contributed by atoms with Gasteiger partial charge in [0.1, 0.15) is 0 Å². The van der Waals surface area contributed by atoms with E-state index in [-0.39, 0.29) is 17.7 Å². The monoisotopic (exact) mass is 334 g/mol. The van der Waals surface area contributed by atoms with E-state index >= 15 is 0 Å². The highest BCUT2D eigenvalue weighted by molar-refractivity contribution is 5.81. The highest BCUT2D eigenvalue weighted by Gasteiger charge is 2.30. The Labute approximate surface area is 142 Å². The molecule has 0 radical (unpaired) electrons. The number of likely N-dealkylation sites (tertiary alicyclic amines) is 1. The number of nitrogens with zero attached hydrogens (tertiary/aromatic N) is 3. The van der Waals surface area contributed by atoms with E-state index in [1.54, 1.807) is 4.90 Å². The van der Waals surface area contributed by atoms with E-state index in [1.165, 1.54) is 0 Å². The molecule has 7 nitrogen and oxygen atoms in total. The van der Waals surface area contributed by atoms with Crippen molar-refractivity contribution in [1.29, 1.82) is 0 Å². The first-order chi connectivity index (χ1) is 11.7. The average Bonchev–Trinajstić information content (AvgIpc) is 3.36. The van der Waals surface area contributed by atoms with Gasteiger partial charge in [0.15, 0.2) is 5.82 Å². The summed E-state index contributed by atoms with van der Waals surface area (Å²) in [6.45, 7) is 3.98. The van der Waals surface area contributed by atoms with E-state index in [4.69, 9.17) is 4.52 Å². The predicted molar refractivity (Wildman–Crippen MR) is 87.2 cm³/mol. The number of carbonyl (C=O) groups excluding carboxylic acids is 2. The Balaban J connectivity index is 1.45. The summed E-state index contributed by atoms with van der Waals surface area (Å²) in [6, 6.07) is 0. The highest BCUT2D eigenvalue weighted by atomic mass is 16.5. The molecule has 132 valence electrons. The molecule has 1 saturated carbocycles. The van der Waals surface area contributed by atoms with Gasteiger partial charge in [-0.2, -0.15) is 4.98 Å². The van der Waals surface area contributed by atoms with Crippen LogP contribution in [0.4, 0.5) is 0 Å². The normalized spacial score (nSPS) is 20.9. The second-order valence-corrected chi connectivity index (χ2v) is 6.79. The fourth-order valence-electron chi connectivity index (χ4n) is 3.06. The van der Waals surface area contributed by atoms with Gasteiger partial charge in [0.2, 0.25) is 17.7 Å². The molecular formula is C17H26N4O3. The van der Waals surface area contributed by atoms with Crippen LogP contribution in [0.3, 0.4) is 0 Å². The first kappa shape index (κ1) is 16.9. The first-order valence-corrected chi connectivity index (χ1v) is 9.05. The molecule has 1 aliphatic carbocycles. The standard InChI is InChI=1S/C17H26N4O3/c1-2-9-18-17(23)13-4-3-10-21(11-13)15(22)8-7-14-19-16(20-24-14)12-5-6-12/h12-13H,2-11H2,1H3,(H,18,23)/t13-/m1/s1. The second-order valence-electron chi connectivity index (χ2n) is 6.79. The van der Waals surface area contributed by atoms with Gasteiger partial charge >= 0.3 is 0 Å². The van der Waals surface area contributed by atoms with Crippen molar-refractivity contribution < 1.29 is 14.1 Å². The van der Waals surface area contributed by atoms with Crippen molar-refractivity contribution in [2.24, 2.45) is 5.92 Å². The predicted octanol–water partition coefficient (Wildman–Crippen LogP) is 1.64. The van der Waals surface area contributed by atoms with Crippen molar-refractivity contribution in [3.05, 3.63) is 11.7 Å². The molecule has 1 saturated heterocycles. The van der Waals surface area contributed by atoms with Crippen LogP contribution in [-0.4, -0.2) is 46.5 Å². The number of hydrogen-bond acceptors (Lipinski definition) is 5. The van der Waals surface area contributed by atoms with E-state index < -0.39 is 0 Å². The lowest BCUT2D eigenvalue weighted by molar-refractivity contribution is -0.135. The van der Waals surface area contributed by atoms with Gasteiger partial charge in [-0.25, -0.2) is 0 Å². The summed E-state index contributed by atoms with van der Waals surface area (Å²) in [5, 5.41) is 6.90. The number of piperidine rings is 1. The lowest BCUT2D eigenvalue weighted by atomic mass is 9.96. The smallest absolute Gasteiger partial charge is 0.227 e. The zero-order valence-electron chi connectivity index (χ0n) is 14.3. The van der Waals surface area contributed by atoms with Crippen LogP contribution in [-0.2, 0) is 16.0 Å². The minimum atomic E-state index is -0.0841. The maximum absolute atomic E-state index is 12.4. The van der Waals surface area contributed by atoms with Crippen LogP contribution in [0.15, 0.2) is 4.52 Å². The third-order valence-corrected chi connectivity index (χ3v) is 4.67. The van der Waals surface area contributed by atoms with Gasteiger partial charge < -0.3 is 14.7 Å². The van der Waals surface area contributed by atoms with Crippen LogP contribution in [0.1, 0.15) is 63.1 Å². The Hall–Kier alpha value is -1.92. The molecule has 2 fully saturated rings. The largest absolute Gasteiger partial charge is 0.356 e. The Bertz CT molecular complexity index is 582. The Kier molecular flexibility index (Phi) is 5.48. The van der Waals surface area contributed by atoms with Crippen LogP contribution >= 0.6 is 0 Å². The van der Waals surface area contributed by atoms with Crippen molar-refractivity contribution in [2.45, 2.75) is 57.8 Å². The van der Waals surface area contributed by atoms with E-state index in [0.717, 1.165) is 44.5 Å². The van der Waals surface area contributed by atoms with Crippen molar-refractivity contribution >= 4 is 11.8 Å². The molecule has 1 atom stereocenters. The summed E-state index contributed by atoms with van der Waals surface area (Å²) in [6.07, 6.45) is 5.75. The van der Waals surface area contributed by atoms with Gasteiger partial charge in [0.25, 0.3) is 0 Å². The molecule has 1 N–H and O–H groups in total. The number of aromatic nitrogens is 2. The van der Waals surface area contributed by atoms with Crippen LogP contribution < -0.4 is 5.32 Å². The molecule has 0 unspecified atom stereocenters. The maximum Gasteiger partial charge on any atom is 0.227 e. The van der Waals surface area contributed by atoms with Gasteiger partial charge in [0, 0.05) is 38.4 Å². The number of carbonyl (C=O) groups is 2. The summed E-state index contributed by atoms with van der Waals surface area (Å²) in [5.41, 5.74) is 0. The third kappa shape index (κ3) is 4.33. The minimum absolute atomic E-state index is 0.0640. The lowest BCUT2D eigenvalue weighted by Crippen LogP contribution is -2.45. The number of nitrogens with one attached hydrogen (secondary N) is 1. The first-order valence-electron chi connectivity index (χ1n) is 9.05. The number of aryl methyl sites for hydroxylation is 1. The molecule has 24 heavy (non-hydrogen) atoms. The Morgan fingerprint density at radius 3 is 2.92 bits per heavy atom. The van der Waals surface area contributed by atoms with Crippen LogP contribution in [0, 0.1) is 5.92 Å². The van der Waals surface area contributed by atoms with E-state index in [1.807, 2.05) is 6.92 Å². The molecule has 2 amide bonds. The van der Waals surface area contributed by atoms with Gasteiger partial charge in [0.05, 0.1) is 5.92 Å². The molecule has 0 bridgehead atoms. The molecule has 1 aromatic heterocycles. The zero-order chi connectivity index (χ0) is 16.9. The summed E-state index contributed by atoms with van der Waals surface area (Å²) >= 11 is 0. The fourth-order valence-corrected chi connectivity index (χ4v) is 3.06. The minimum Gasteiger partial charge on any atom is -0.356 e. The van der Waals surface area contributed by atoms with Gasteiger partial charge in [-0.3, -0.25) is 9.59 Å². The van der Waals surface area contributed by atoms with Crippen molar-refractivity contribution in [2.75, 3.05) is 19.6 Å². The average molecular weight is 334 g/mol. The fraction of sp³-hybridized carbons (Fsp3) is 0.765. The van der Waals surface area contributed by atoms with Crippen LogP contribution in [0.25, 0.3) is 0 Å². The van der Waals surface area contributed by atoms with Crippen LogP contribution in [0.2, 0.25) is 0 Å². The van der Waals surface area contributed by atoms with E-state index in [0.29, 0.717) is 37.7 Å². The molecule has 0 aromatic carbocycles. The van der Waals surface area contributed by atoms with Crippen LogP contribution in [0.5, 0.6) is 0 Å². The lowest BCUT2D eigenvalue weighted by Gasteiger charge is -2.32. The highest BCUT2D eigenvalue weighted by Crippen LogP contribution is 2.38. The van der Waals surface area contributed by atoms with Crippen molar-refractivity contribution in [3.63, 3.8) is 0 Å². The number of hydrogen-bond donors (Lipinski definition) is 1. The van der Waals surface area contributed by atoms with E-state index in [9.17, 15) is 9.59 Å². The third-order valence-electron chi connectivity index (χ3n) is 4.67. The summed E-state index contributed by atoms with van der Waals surface area (Å²) < 4.78 is 5.21. The molecule has 1 aromatic rings.